The third-order valence-corrected chi connectivity index (χ3v) is 0.496. The summed E-state index contributed by atoms with van der Waals surface area (Å²) in [7, 11) is 0. The van der Waals surface area contributed by atoms with E-state index in [1.165, 1.54) is 0 Å². The van der Waals surface area contributed by atoms with E-state index >= 15 is 0 Å². The zero-order valence-corrected chi connectivity index (χ0v) is 3.71. The van der Waals surface area contributed by atoms with E-state index in [-0.39, 0.29) is 6.42 Å². The second-order valence-electron chi connectivity index (χ2n) is 0.723. The smallest absolute Gasteiger partial charge is 0.143 e. The quantitative estimate of drug-likeness (QED) is 0.466. The zero-order valence-electron chi connectivity index (χ0n) is 2.82. The topological polar surface area (TPSA) is 0 Å². The molecule has 0 heterocycles. The summed E-state index contributed by atoms with van der Waals surface area (Å²) in [5.74, 6) is 0. The Labute approximate surface area is 36.8 Å². The minimum atomic E-state index is -1.03. The molecule has 0 saturated heterocycles. The highest BCUT2D eigenvalue weighted by molar-refractivity contribution is 7.80. The second kappa shape index (κ2) is 2.51. The highest BCUT2D eigenvalue weighted by Gasteiger charge is 1.86. The summed E-state index contributed by atoms with van der Waals surface area (Å²) in [5, 5.41) is 0. The fraction of sp³-hybridized carbons (Fsp3) is 0.667. The maximum absolute atomic E-state index is 11.2. The number of rotatable bonds is 1. The molecule has 0 aromatic rings. The van der Waals surface area contributed by atoms with Gasteiger partial charge in [-0.1, -0.05) is 0 Å². The van der Waals surface area contributed by atoms with Crippen molar-refractivity contribution in [3.05, 3.63) is 6.92 Å². The van der Waals surface area contributed by atoms with Crippen molar-refractivity contribution >= 4 is 12.6 Å². The molecule has 2 heteroatoms. The van der Waals surface area contributed by atoms with Gasteiger partial charge in [-0.05, 0) is 13.3 Å². The molecule has 1 unspecified atom stereocenters. The molecule has 1 atom stereocenters. The predicted molar refractivity (Wildman–Crippen MR) is 23.9 cm³/mol. The van der Waals surface area contributed by atoms with Crippen LogP contribution in [0.15, 0.2) is 0 Å². The highest BCUT2D eigenvalue weighted by atomic mass is 32.1. The van der Waals surface area contributed by atoms with Crippen LogP contribution in [0.25, 0.3) is 0 Å². The van der Waals surface area contributed by atoms with Gasteiger partial charge in [0.05, 0.1) is 0 Å². The third kappa shape index (κ3) is 4.28. The lowest BCUT2D eigenvalue weighted by molar-refractivity contribution is 0.459. The van der Waals surface area contributed by atoms with Gasteiger partial charge in [0.15, 0.2) is 0 Å². The highest BCUT2D eigenvalue weighted by Crippen LogP contribution is 1.97. The Morgan fingerprint density at radius 2 is 2.20 bits per heavy atom. The summed E-state index contributed by atoms with van der Waals surface area (Å²) < 4.78 is 11.2. The SMILES string of the molecule is [CH2]CC(F)S. The van der Waals surface area contributed by atoms with Crippen LogP contribution >= 0.6 is 12.6 Å². The van der Waals surface area contributed by atoms with Gasteiger partial charge in [0.2, 0.25) is 0 Å². The van der Waals surface area contributed by atoms with Gasteiger partial charge in [-0.15, -0.1) is 12.6 Å². The molecule has 0 bridgehead atoms. The predicted octanol–water partition coefficient (Wildman–Crippen LogP) is 1.44. The largest absolute Gasteiger partial charge is 0.236 e. The zero-order chi connectivity index (χ0) is 4.28. The molecule has 0 aliphatic heterocycles. The summed E-state index contributed by atoms with van der Waals surface area (Å²) in [4.78, 5) is 0. The summed E-state index contributed by atoms with van der Waals surface area (Å²) in [6.07, 6.45) is 0.253. The van der Waals surface area contributed by atoms with E-state index in [0.29, 0.717) is 0 Å². The number of halogens is 1. The van der Waals surface area contributed by atoms with E-state index in [1.807, 2.05) is 0 Å². The molecule has 0 aliphatic rings. The summed E-state index contributed by atoms with van der Waals surface area (Å²) in [5.41, 5.74) is -1.03. The standard InChI is InChI=1S/C3H6FS/c1-2-3(4)5/h3,5H,1-2H2. The first-order chi connectivity index (χ1) is 2.27. The van der Waals surface area contributed by atoms with E-state index < -0.39 is 5.50 Å². The van der Waals surface area contributed by atoms with Crippen molar-refractivity contribution < 1.29 is 4.39 Å². The van der Waals surface area contributed by atoms with Gasteiger partial charge in [0.1, 0.15) is 5.50 Å². The van der Waals surface area contributed by atoms with Crippen LogP contribution in [0.1, 0.15) is 6.42 Å². The van der Waals surface area contributed by atoms with Gasteiger partial charge in [-0.2, -0.15) is 0 Å². The molecular weight excluding hydrogens is 87.1 g/mol. The van der Waals surface area contributed by atoms with Gasteiger partial charge >= 0.3 is 0 Å². The molecule has 1 radical (unpaired) electrons. The monoisotopic (exact) mass is 93.0 g/mol. The van der Waals surface area contributed by atoms with Crippen LogP contribution in [-0.2, 0) is 0 Å². The van der Waals surface area contributed by atoms with Crippen LogP contribution in [-0.4, -0.2) is 5.50 Å². The van der Waals surface area contributed by atoms with Crippen molar-refractivity contribution in [1.82, 2.24) is 0 Å². The summed E-state index contributed by atoms with van der Waals surface area (Å²) in [6, 6.07) is 0. The number of hydrogen-bond acceptors (Lipinski definition) is 1. The number of hydrogen-bond donors (Lipinski definition) is 1. The van der Waals surface area contributed by atoms with Crippen molar-refractivity contribution in [2.45, 2.75) is 11.9 Å². The molecule has 0 saturated carbocycles. The van der Waals surface area contributed by atoms with Crippen LogP contribution in [0, 0.1) is 6.92 Å². The fourth-order valence-corrected chi connectivity index (χ4v) is 0. The maximum atomic E-state index is 11.2. The third-order valence-electron chi connectivity index (χ3n) is 0.238. The summed E-state index contributed by atoms with van der Waals surface area (Å²) >= 11 is 3.37. The van der Waals surface area contributed by atoms with E-state index in [4.69, 9.17) is 0 Å². The maximum Gasteiger partial charge on any atom is 0.143 e. The van der Waals surface area contributed by atoms with Crippen LogP contribution in [0.5, 0.6) is 0 Å². The molecule has 0 spiro atoms. The average Bonchev–Trinajstić information content (AvgIpc) is 1.38. The average molecular weight is 93.1 g/mol. The first kappa shape index (κ1) is 5.28. The van der Waals surface area contributed by atoms with E-state index in [2.05, 4.69) is 19.6 Å². The van der Waals surface area contributed by atoms with Crippen molar-refractivity contribution in [3.63, 3.8) is 0 Å². The van der Waals surface area contributed by atoms with Crippen molar-refractivity contribution in [2.24, 2.45) is 0 Å². The first-order valence-electron chi connectivity index (χ1n) is 1.38. The van der Waals surface area contributed by atoms with Crippen LogP contribution in [0.2, 0.25) is 0 Å². The van der Waals surface area contributed by atoms with Gasteiger partial charge in [-0.3, -0.25) is 0 Å². The molecule has 0 nitrogen and oxygen atoms in total. The van der Waals surface area contributed by atoms with Crippen molar-refractivity contribution in [3.8, 4) is 0 Å². The minimum absolute atomic E-state index is 0.253. The van der Waals surface area contributed by atoms with E-state index in [9.17, 15) is 4.39 Å². The Balaban J connectivity index is 2.54. The Kier molecular flexibility index (Phi) is 2.65. The second-order valence-corrected chi connectivity index (χ2v) is 1.28. The minimum Gasteiger partial charge on any atom is -0.236 e. The molecule has 0 aliphatic carbocycles. The van der Waals surface area contributed by atoms with Gasteiger partial charge in [-0.25, -0.2) is 4.39 Å². The normalized spacial score (nSPS) is 15.0. The Bertz CT molecular complexity index is 20.9. The molecule has 0 rings (SSSR count). The van der Waals surface area contributed by atoms with Crippen LogP contribution in [0.4, 0.5) is 4.39 Å². The first-order valence-corrected chi connectivity index (χ1v) is 1.90. The van der Waals surface area contributed by atoms with Crippen LogP contribution < -0.4 is 0 Å². The molecule has 31 valence electrons. The lowest BCUT2D eigenvalue weighted by atomic mass is 10.6. The molecular formula is C3H6FS. The fourth-order valence-electron chi connectivity index (χ4n) is 0. The Morgan fingerprint density at radius 3 is 2.20 bits per heavy atom. The van der Waals surface area contributed by atoms with E-state index in [0.717, 1.165) is 0 Å². The molecule has 0 amide bonds. The van der Waals surface area contributed by atoms with Crippen LogP contribution in [0.3, 0.4) is 0 Å². The molecule has 0 aromatic heterocycles. The molecule has 5 heavy (non-hydrogen) atoms. The Hall–Kier alpha value is 0.280. The number of thiol groups is 1. The van der Waals surface area contributed by atoms with E-state index in [1.54, 1.807) is 0 Å². The summed E-state index contributed by atoms with van der Waals surface area (Å²) in [6.45, 7) is 3.23. The van der Waals surface area contributed by atoms with Gasteiger partial charge in [0.25, 0.3) is 0 Å². The van der Waals surface area contributed by atoms with Gasteiger partial charge < -0.3 is 0 Å². The lowest BCUT2D eigenvalue weighted by Crippen LogP contribution is -1.79. The Morgan fingerprint density at radius 1 is 2.00 bits per heavy atom. The van der Waals surface area contributed by atoms with Gasteiger partial charge in [0, 0.05) is 0 Å². The molecule has 0 aromatic carbocycles. The molecule has 0 N–H and O–H groups in total. The van der Waals surface area contributed by atoms with Crippen molar-refractivity contribution in [2.75, 3.05) is 0 Å². The number of alkyl halides is 1. The van der Waals surface area contributed by atoms with Crippen molar-refractivity contribution in [1.29, 1.82) is 0 Å². The lowest BCUT2D eigenvalue weighted by Gasteiger charge is -1.85. The molecule has 0 fully saturated rings.